The molecule has 0 atom stereocenters. The fourth-order valence-corrected chi connectivity index (χ4v) is 1.68. The Bertz CT molecular complexity index is 658. The molecule has 6 nitrogen and oxygen atoms in total. The van der Waals surface area contributed by atoms with E-state index in [0.29, 0.717) is 15.3 Å². The van der Waals surface area contributed by atoms with E-state index in [2.05, 4.69) is 0 Å². The molecule has 2 rings (SSSR count). The molecule has 0 aliphatic rings. The van der Waals surface area contributed by atoms with E-state index < -0.39 is 11.6 Å². The van der Waals surface area contributed by atoms with Gasteiger partial charge < -0.3 is 14.3 Å². The predicted octanol–water partition coefficient (Wildman–Crippen LogP) is 1.51. The second-order valence-corrected chi connectivity index (χ2v) is 3.78. The lowest BCUT2D eigenvalue weighted by Gasteiger charge is -2.06. The van der Waals surface area contributed by atoms with Crippen molar-refractivity contribution < 1.29 is 19.1 Å². The molecule has 0 aliphatic carbocycles. The van der Waals surface area contributed by atoms with Gasteiger partial charge in [0.2, 0.25) is 18.1 Å². The van der Waals surface area contributed by atoms with Crippen molar-refractivity contribution in [2.24, 2.45) is 0 Å². The Hall–Kier alpha value is -2.21. The molecule has 0 bridgehead atoms. The Kier molecular flexibility index (Phi) is 3.12. The number of ether oxygens (including phenoxy) is 1. The molecular weight excluding hydrogens is 262 g/mol. The summed E-state index contributed by atoms with van der Waals surface area (Å²) < 4.78 is 10.3. The topological polar surface area (TPSA) is 81.7 Å². The summed E-state index contributed by atoms with van der Waals surface area (Å²) in [6, 6.07) is 4.58. The Morgan fingerprint density at radius 1 is 1.50 bits per heavy atom. The molecule has 1 aromatic heterocycles. The highest BCUT2D eigenvalue weighted by Gasteiger charge is 2.20. The molecule has 0 spiro atoms. The number of hydrogen-bond donors (Lipinski definition) is 1. The number of carbonyl (C=O) groups excluding carboxylic acids is 1. The van der Waals surface area contributed by atoms with E-state index in [1.54, 1.807) is 12.1 Å². The first-order chi connectivity index (χ1) is 8.58. The van der Waals surface area contributed by atoms with Crippen LogP contribution in [0.4, 0.5) is 0 Å². The zero-order valence-electron chi connectivity index (χ0n) is 9.21. The quantitative estimate of drug-likeness (QED) is 0.854. The van der Waals surface area contributed by atoms with E-state index in [0.717, 1.165) is 0 Å². The van der Waals surface area contributed by atoms with Crippen LogP contribution in [0.1, 0.15) is 0 Å². The molecule has 1 N–H and O–H groups in total. The lowest BCUT2D eigenvalue weighted by atomic mass is 10.1. The summed E-state index contributed by atoms with van der Waals surface area (Å²) in [6.45, 7) is 0. The number of oxazole rings is 1. The van der Waals surface area contributed by atoms with E-state index in [-0.39, 0.29) is 17.7 Å². The van der Waals surface area contributed by atoms with Crippen molar-refractivity contribution in [3.63, 3.8) is 0 Å². The van der Waals surface area contributed by atoms with Crippen LogP contribution < -0.4 is 10.5 Å². The smallest absolute Gasteiger partial charge is 0.429 e. The normalized spacial score (nSPS) is 10.3. The summed E-state index contributed by atoms with van der Waals surface area (Å²) in [5.74, 6) is -1.41. The number of methoxy groups -OCH3 is 1. The molecule has 94 valence electrons. The van der Waals surface area contributed by atoms with E-state index in [1.165, 1.54) is 13.2 Å². The molecule has 0 unspecified atom stereocenters. The van der Waals surface area contributed by atoms with Crippen LogP contribution in [0.15, 0.2) is 27.4 Å². The Morgan fingerprint density at radius 3 is 2.78 bits per heavy atom. The number of benzene rings is 1. The number of aromatic nitrogens is 1. The third-order valence-corrected chi connectivity index (χ3v) is 2.56. The molecule has 0 saturated carbocycles. The largest absolute Gasteiger partial charge is 0.496 e. The minimum absolute atomic E-state index is 0.154. The summed E-state index contributed by atoms with van der Waals surface area (Å²) in [6.07, 6.45) is 0.154. The van der Waals surface area contributed by atoms with E-state index >= 15 is 0 Å². The maximum Gasteiger partial charge on any atom is 0.429 e. The summed E-state index contributed by atoms with van der Waals surface area (Å²) in [7, 11) is 1.42. The first kappa shape index (κ1) is 12.3. The molecule has 0 aliphatic heterocycles. The molecule has 1 aromatic carbocycles. The summed E-state index contributed by atoms with van der Waals surface area (Å²) >= 11 is 5.82. The van der Waals surface area contributed by atoms with Crippen LogP contribution in [0.3, 0.4) is 0 Å². The van der Waals surface area contributed by atoms with Crippen molar-refractivity contribution >= 4 is 18.0 Å². The van der Waals surface area contributed by atoms with E-state index in [1.807, 2.05) is 0 Å². The van der Waals surface area contributed by atoms with Crippen LogP contribution in [0, 0.1) is 0 Å². The van der Waals surface area contributed by atoms with E-state index in [4.69, 9.17) is 20.8 Å². The summed E-state index contributed by atoms with van der Waals surface area (Å²) in [5, 5.41) is 10.1. The van der Waals surface area contributed by atoms with Gasteiger partial charge in [-0.1, -0.05) is 11.6 Å². The standard InChI is InChI=1S/C11H8ClNO5/c1-17-8-3-2-6(12)4-7(8)9-10(15)13(5-14)11(16)18-9/h2-5,15H,1H3. The van der Waals surface area contributed by atoms with Crippen molar-refractivity contribution in [1.82, 2.24) is 4.57 Å². The average Bonchev–Trinajstić information content (AvgIpc) is 2.64. The minimum atomic E-state index is -0.987. The monoisotopic (exact) mass is 269 g/mol. The first-order valence-corrected chi connectivity index (χ1v) is 5.19. The third-order valence-electron chi connectivity index (χ3n) is 2.33. The van der Waals surface area contributed by atoms with Crippen molar-refractivity contribution in [1.29, 1.82) is 0 Å². The number of rotatable bonds is 3. The van der Waals surface area contributed by atoms with Crippen LogP contribution >= 0.6 is 11.6 Å². The predicted molar refractivity (Wildman–Crippen MR) is 63.8 cm³/mol. The molecule has 7 heteroatoms. The van der Waals surface area contributed by atoms with Gasteiger partial charge >= 0.3 is 5.76 Å². The molecule has 2 aromatic rings. The minimum Gasteiger partial charge on any atom is -0.496 e. The maximum atomic E-state index is 11.3. The van der Waals surface area contributed by atoms with Crippen LogP contribution in [0.25, 0.3) is 11.3 Å². The fourth-order valence-electron chi connectivity index (χ4n) is 1.50. The van der Waals surface area contributed by atoms with Crippen molar-refractivity contribution in [2.45, 2.75) is 0 Å². The van der Waals surface area contributed by atoms with Gasteiger partial charge in [0.15, 0.2) is 0 Å². The van der Waals surface area contributed by atoms with Crippen molar-refractivity contribution in [2.75, 3.05) is 7.11 Å². The SMILES string of the molecule is COc1ccc(Cl)cc1-c1oc(=O)n(C=O)c1O. The van der Waals surface area contributed by atoms with Gasteiger partial charge in [0.05, 0.1) is 12.7 Å². The molecule has 18 heavy (non-hydrogen) atoms. The van der Waals surface area contributed by atoms with Gasteiger partial charge in [-0.15, -0.1) is 0 Å². The van der Waals surface area contributed by atoms with Crippen LogP contribution in [0.5, 0.6) is 11.6 Å². The lowest BCUT2D eigenvalue weighted by molar-refractivity contribution is 0.412. The second kappa shape index (κ2) is 4.58. The Balaban J connectivity index is 2.72. The van der Waals surface area contributed by atoms with Crippen LogP contribution in [-0.4, -0.2) is 23.2 Å². The van der Waals surface area contributed by atoms with Gasteiger partial charge in [0.1, 0.15) is 5.75 Å². The number of hydrogen-bond acceptors (Lipinski definition) is 5. The summed E-state index contributed by atoms with van der Waals surface area (Å²) in [5.41, 5.74) is 0.278. The average molecular weight is 270 g/mol. The van der Waals surface area contributed by atoms with Crippen molar-refractivity contribution in [3.05, 3.63) is 33.8 Å². The summed E-state index contributed by atoms with van der Waals surface area (Å²) in [4.78, 5) is 21.9. The van der Waals surface area contributed by atoms with Gasteiger partial charge in [-0.25, -0.2) is 4.79 Å². The maximum absolute atomic E-state index is 11.3. The molecule has 0 saturated heterocycles. The number of carbonyl (C=O) groups is 1. The van der Waals surface area contributed by atoms with Gasteiger partial charge in [-0.05, 0) is 18.2 Å². The van der Waals surface area contributed by atoms with Gasteiger partial charge in [-0.3, -0.25) is 4.79 Å². The van der Waals surface area contributed by atoms with Gasteiger partial charge in [0, 0.05) is 5.02 Å². The molecule has 0 amide bonds. The van der Waals surface area contributed by atoms with Crippen LogP contribution in [0.2, 0.25) is 5.02 Å². The van der Waals surface area contributed by atoms with Crippen LogP contribution in [-0.2, 0) is 4.79 Å². The number of aromatic hydroxyl groups is 1. The number of halogens is 1. The van der Waals surface area contributed by atoms with Gasteiger partial charge in [-0.2, -0.15) is 4.57 Å². The molecule has 0 radical (unpaired) electrons. The van der Waals surface area contributed by atoms with Gasteiger partial charge in [0.25, 0.3) is 0 Å². The van der Waals surface area contributed by atoms with E-state index in [9.17, 15) is 14.7 Å². The molecule has 0 fully saturated rings. The first-order valence-electron chi connectivity index (χ1n) is 4.82. The van der Waals surface area contributed by atoms with Crippen molar-refractivity contribution in [3.8, 4) is 23.0 Å². The number of nitrogens with zero attached hydrogens (tertiary/aromatic N) is 1. The lowest BCUT2D eigenvalue weighted by Crippen LogP contribution is -2.12. The molecular formula is C11H8ClNO5. The zero-order valence-corrected chi connectivity index (χ0v) is 9.97. The Morgan fingerprint density at radius 2 is 2.22 bits per heavy atom. The highest BCUT2D eigenvalue weighted by atomic mass is 35.5. The zero-order chi connectivity index (χ0) is 13.3. The fraction of sp³-hybridized carbons (Fsp3) is 0.0909. The molecule has 1 heterocycles. The highest BCUT2D eigenvalue weighted by molar-refractivity contribution is 6.31. The second-order valence-electron chi connectivity index (χ2n) is 3.34. The third kappa shape index (κ3) is 1.86. The Labute approximate surface area is 106 Å². The highest BCUT2D eigenvalue weighted by Crippen LogP contribution is 2.36.